The fourth-order valence-corrected chi connectivity index (χ4v) is 1.13. The minimum Gasteiger partial charge on any atom is -0.492 e. The Balaban J connectivity index is 2.89. The maximum absolute atomic E-state index is 10.5. The monoisotopic (exact) mass is 184 g/mol. The van der Waals surface area contributed by atoms with Crippen molar-refractivity contribution in [1.82, 2.24) is 0 Å². The zero-order valence-corrected chi connectivity index (χ0v) is 7.30. The van der Waals surface area contributed by atoms with Gasteiger partial charge in [0.05, 0.1) is 12.5 Å². The van der Waals surface area contributed by atoms with E-state index in [-0.39, 0.29) is 5.76 Å². The molecule has 0 fully saturated rings. The highest BCUT2D eigenvalue weighted by atomic mass is 16.6. The molecule has 2 N–H and O–H groups in total. The second-order valence-corrected chi connectivity index (χ2v) is 2.74. The number of carbonyl (C=O) groups excluding carboxylic acids is 1. The molecule has 1 unspecified atom stereocenters. The highest BCUT2D eigenvalue weighted by Gasteiger charge is 2.39. The van der Waals surface area contributed by atoms with E-state index in [0.717, 1.165) is 0 Å². The van der Waals surface area contributed by atoms with E-state index in [1.54, 1.807) is 13.0 Å². The van der Waals surface area contributed by atoms with Gasteiger partial charge < -0.3 is 19.7 Å². The first-order chi connectivity index (χ1) is 6.12. The fraction of sp³-hybridized carbons (Fsp3) is 0.444. The average molecular weight is 184 g/mol. The third kappa shape index (κ3) is 1.79. The second kappa shape index (κ2) is 3.72. The number of carbonyl (C=O) groups is 1. The van der Waals surface area contributed by atoms with Crippen LogP contribution in [0, 0.1) is 5.92 Å². The van der Waals surface area contributed by atoms with E-state index < -0.39 is 11.7 Å². The zero-order valence-electron chi connectivity index (χ0n) is 7.30. The van der Waals surface area contributed by atoms with Gasteiger partial charge in [-0.2, -0.15) is 0 Å². The molecule has 0 saturated carbocycles. The van der Waals surface area contributed by atoms with Crippen LogP contribution in [0.5, 0.6) is 0 Å². The normalized spacial score (nSPS) is 25.2. The molecule has 0 heterocycles. The molecule has 1 aliphatic rings. The Labute approximate surface area is 76.1 Å². The van der Waals surface area contributed by atoms with E-state index in [2.05, 4.69) is 0 Å². The molecule has 0 saturated heterocycles. The Kier molecular flexibility index (Phi) is 2.85. The summed E-state index contributed by atoms with van der Waals surface area (Å²) in [6.07, 6.45) is 4.89. The van der Waals surface area contributed by atoms with E-state index in [0.29, 0.717) is 12.9 Å². The topological polar surface area (TPSA) is 66.8 Å². The maximum atomic E-state index is 10.5. The molecule has 0 aromatic carbocycles. The van der Waals surface area contributed by atoms with Gasteiger partial charge in [-0.1, -0.05) is 12.2 Å². The lowest BCUT2D eigenvalue weighted by atomic mass is 9.94. The number of ether oxygens (including phenoxy) is 1. The van der Waals surface area contributed by atoms with Crippen molar-refractivity contribution in [1.29, 1.82) is 0 Å². The summed E-state index contributed by atoms with van der Waals surface area (Å²) in [6, 6.07) is 0. The van der Waals surface area contributed by atoms with E-state index in [1.165, 1.54) is 12.2 Å². The Morgan fingerprint density at radius 2 is 2.38 bits per heavy atom. The number of hydrogen-bond donors (Lipinski definition) is 2. The summed E-state index contributed by atoms with van der Waals surface area (Å²) >= 11 is 0. The largest absolute Gasteiger partial charge is 0.492 e. The lowest BCUT2D eigenvalue weighted by Crippen LogP contribution is -2.42. The standard InChI is InChI=1S/C9H12O4/c1-2-13-8-5-3-4-7(6-10)9(8,11)12/h3-7,11-12H,2H2,1H3. The van der Waals surface area contributed by atoms with E-state index in [4.69, 9.17) is 4.74 Å². The van der Waals surface area contributed by atoms with Gasteiger partial charge in [0, 0.05) is 0 Å². The lowest BCUT2D eigenvalue weighted by molar-refractivity contribution is -0.184. The van der Waals surface area contributed by atoms with Crippen molar-refractivity contribution in [2.75, 3.05) is 6.61 Å². The molecule has 1 atom stereocenters. The molecule has 4 nitrogen and oxygen atoms in total. The van der Waals surface area contributed by atoms with E-state index in [9.17, 15) is 15.0 Å². The summed E-state index contributed by atoms with van der Waals surface area (Å²) < 4.78 is 4.98. The summed E-state index contributed by atoms with van der Waals surface area (Å²) in [5, 5.41) is 19.0. The van der Waals surface area contributed by atoms with Crippen LogP contribution in [0.15, 0.2) is 24.0 Å². The molecule has 0 bridgehead atoms. The predicted molar refractivity (Wildman–Crippen MR) is 45.6 cm³/mol. The van der Waals surface area contributed by atoms with Crippen LogP contribution in [-0.4, -0.2) is 28.9 Å². The number of allylic oxidation sites excluding steroid dienone is 2. The zero-order chi connectivity index (χ0) is 9.90. The summed E-state index contributed by atoms with van der Waals surface area (Å²) in [5.74, 6) is -3.15. The Morgan fingerprint density at radius 3 is 2.92 bits per heavy atom. The second-order valence-electron chi connectivity index (χ2n) is 2.74. The van der Waals surface area contributed by atoms with Crippen LogP contribution in [0.3, 0.4) is 0 Å². The van der Waals surface area contributed by atoms with Gasteiger partial charge in [-0.15, -0.1) is 0 Å². The first-order valence-electron chi connectivity index (χ1n) is 4.04. The van der Waals surface area contributed by atoms with Crippen LogP contribution in [0.25, 0.3) is 0 Å². The molecule has 0 amide bonds. The highest BCUT2D eigenvalue weighted by Crippen LogP contribution is 2.27. The van der Waals surface area contributed by atoms with Crippen LogP contribution in [0.4, 0.5) is 0 Å². The molecular weight excluding hydrogens is 172 g/mol. The maximum Gasteiger partial charge on any atom is 0.236 e. The van der Waals surface area contributed by atoms with Gasteiger partial charge in [-0.05, 0) is 13.0 Å². The van der Waals surface area contributed by atoms with Crippen LogP contribution >= 0.6 is 0 Å². The first-order valence-corrected chi connectivity index (χ1v) is 4.04. The summed E-state index contributed by atoms with van der Waals surface area (Å²) in [7, 11) is 0. The summed E-state index contributed by atoms with van der Waals surface area (Å²) in [5.41, 5.74) is 0. The summed E-state index contributed by atoms with van der Waals surface area (Å²) in [4.78, 5) is 10.5. The van der Waals surface area contributed by atoms with Crippen molar-refractivity contribution in [3.63, 3.8) is 0 Å². The Morgan fingerprint density at radius 1 is 1.69 bits per heavy atom. The molecule has 0 aliphatic heterocycles. The molecule has 13 heavy (non-hydrogen) atoms. The van der Waals surface area contributed by atoms with Crippen LogP contribution in [0.2, 0.25) is 0 Å². The summed E-state index contributed by atoms with van der Waals surface area (Å²) in [6.45, 7) is 2.05. The number of aliphatic hydroxyl groups is 2. The fourth-order valence-electron chi connectivity index (χ4n) is 1.13. The van der Waals surface area contributed by atoms with Crippen LogP contribution < -0.4 is 0 Å². The Hall–Kier alpha value is -1.13. The van der Waals surface area contributed by atoms with Gasteiger partial charge in [0.1, 0.15) is 6.29 Å². The van der Waals surface area contributed by atoms with Crippen molar-refractivity contribution < 1.29 is 19.7 Å². The van der Waals surface area contributed by atoms with Gasteiger partial charge >= 0.3 is 0 Å². The molecule has 1 aliphatic carbocycles. The van der Waals surface area contributed by atoms with Gasteiger partial charge in [-0.3, -0.25) is 0 Å². The highest BCUT2D eigenvalue weighted by molar-refractivity contribution is 5.60. The molecule has 72 valence electrons. The molecule has 0 aromatic rings. The van der Waals surface area contributed by atoms with Crippen molar-refractivity contribution in [3.8, 4) is 0 Å². The smallest absolute Gasteiger partial charge is 0.236 e. The quantitative estimate of drug-likeness (QED) is 0.477. The number of rotatable bonds is 3. The van der Waals surface area contributed by atoms with Crippen molar-refractivity contribution in [2.45, 2.75) is 12.7 Å². The van der Waals surface area contributed by atoms with Gasteiger partial charge in [-0.25, -0.2) is 0 Å². The average Bonchev–Trinajstić information content (AvgIpc) is 2.08. The number of aldehydes is 1. The molecule has 1 rings (SSSR count). The van der Waals surface area contributed by atoms with Crippen molar-refractivity contribution in [2.24, 2.45) is 5.92 Å². The number of hydrogen-bond acceptors (Lipinski definition) is 4. The Bertz CT molecular complexity index is 252. The van der Waals surface area contributed by atoms with Crippen LogP contribution in [0.1, 0.15) is 6.92 Å². The van der Waals surface area contributed by atoms with E-state index >= 15 is 0 Å². The molecule has 0 radical (unpaired) electrons. The predicted octanol–water partition coefficient (Wildman–Crippen LogP) is -0.0274. The lowest BCUT2D eigenvalue weighted by Gasteiger charge is -2.29. The van der Waals surface area contributed by atoms with Gasteiger partial charge in [0.15, 0.2) is 5.76 Å². The van der Waals surface area contributed by atoms with Gasteiger partial charge in [0.25, 0.3) is 0 Å². The van der Waals surface area contributed by atoms with Gasteiger partial charge in [0.2, 0.25) is 5.79 Å². The third-order valence-corrected chi connectivity index (χ3v) is 1.84. The molecule has 0 spiro atoms. The molecule has 0 aromatic heterocycles. The van der Waals surface area contributed by atoms with E-state index in [1.807, 2.05) is 0 Å². The minimum atomic E-state index is -2.20. The van der Waals surface area contributed by atoms with Crippen LogP contribution in [-0.2, 0) is 9.53 Å². The van der Waals surface area contributed by atoms with Crippen molar-refractivity contribution in [3.05, 3.63) is 24.0 Å². The molecular formula is C9H12O4. The SMILES string of the molecule is CCOC1=CC=CC(C=O)C1(O)O. The molecule has 4 heteroatoms. The third-order valence-electron chi connectivity index (χ3n) is 1.84. The van der Waals surface area contributed by atoms with Crippen molar-refractivity contribution >= 4 is 6.29 Å². The first kappa shape index (κ1) is 9.95. The minimum absolute atomic E-state index is 0.00889.